The molecule has 1 aromatic rings. The SMILES string of the molecule is CCOCC(CBr)c1ccccc1. The molecule has 0 amide bonds. The minimum absolute atomic E-state index is 0.473. The molecule has 0 fully saturated rings. The van der Waals surface area contributed by atoms with Crippen molar-refractivity contribution >= 4 is 15.9 Å². The molecular formula is C11H15BrO. The van der Waals surface area contributed by atoms with Gasteiger partial charge in [0.05, 0.1) is 6.61 Å². The van der Waals surface area contributed by atoms with Crippen LogP contribution < -0.4 is 0 Å². The molecule has 0 aliphatic rings. The van der Waals surface area contributed by atoms with Crippen LogP contribution in [0.15, 0.2) is 30.3 Å². The van der Waals surface area contributed by atoms with Crippen LogP contribution in [0.1, 0.15) is 18.4 Å². The Labute approximate surface area is 88.2 Å². The molecule has 0 bridgehead atoms. The first-order valence-electron chi connectivity index (χ1n) is 4.57. The van der Waals surface area contributed by atoms with Crippen LogP contribution in [0.3, 0.4) is 0 Å². The van der Waals surface area contributed by atoms with Gasteiger partial charge in [-0.25, -0.2) is 0 Å². The Bertz CT molecular complexity index is 223. The molecule has 1 aromatic carbocycles. The number of hydrogen-bond donors (Lipinski definition) is 0. The molecule has 0 heterocycles. The number of halogens is 1. The van der Waals surface area contributed by atoms with Gasteiger partial charge in [-0.15, -0.1) is 0 Å². The third-order valence-electron chi connectivity index (χ3n) is 1.98. The highest BCUT2D eigenvalue weighted by atomic mass is 79.9. The summed E-state index contributed by atoms with van der Waals surface area (Å²) in [5.74, 6) is 0.473. The van der Waals surface area contributed by atoms with Gasteiger partial charge in [-0.1, -0.05) is 46.3 Å². The van der Waals surface area contributed by atoms with Gasteiger partial charge in [0.25, 0.3) is 0 Å². The Kier molecular flexibility index (Phi) is 5.09. The maximum Gasteiger partial charge on any atom is 0.0542 e. The molecule has 0 spiro atoms. The molecule has 0 N–H and O–H groups in total. The third-order valence-corrected chi connectivity index (χ3v) is 2.76. The molecule has 0 saturated carbocycles. The Hall–Kier alpha value is -0.340. The number of rotatable bonds is 5. The van der Waals surface area contributed by atoms with Crippen molar-refractivity contribution in [2.75, 3.05) is 18.5 Å². The summed E-state index contributed by atoms with van der Waals surface area (Å²) in [5, 5.41) is 0.955. The molecule has 72 valence electrons. The van der Waals surface area contributed by atoms with Gasteiger partial charge in [-0.3, -0.25) is 0 Å². The first kappa shape index (κ1) is 10.7. The van der Waals surface area contributed by atoms with Crippen LogP contribution in [0.25, 0.3) is 0 Å². The molecule has 1 atom stereocenters. The lowest BCUT2D eigenvalue weighted by molar-refractivity contribution is 0.137. The number of ether oxygens (including phenoxy) is 1. The van der Waals surface area contributed by atoms with E-state index >= 15 is 0 Å². The molecule has 0 aliphatic carbocycles. The Balaban J connectivity index is 2.56. The van der Waals surface area contributed by atoms with Gasteiger partial charge < -0.3 is 4.74 Å². The number of hydrogen-bond acceptors (Lipinski definition) is 1. The highest BCUT2D eigenvalue weighted by Crippen LogP contribution is 2.17. The van der Waals surface area contributed by atoms with Gasteiger partial charge in [0.2, 0.25) is 0 Å². The molecule has 0 saturated heterocycles. The average Bonchev–Trinajstić information content (AvgIpc) is 2.21. The highest BCUT2D eigenvalue weighted by Gasteiger charge is 2.08. The normalized spacial score (nSPS) is 12.8. The second-order valence-electron chi connectivity index (χ2n) is 2.92. The minimum Gasteiger partial charge on any atom is -0.381 e. The van der Waals surface area contributed by atoms with Crippen LogP contribution in [0.5, 0.6) is 0 Å². The van der Waals surface area contributed by atoms with Crippen LogP contribution in [-0.4, -0.2) is 18.5 Å². The van der Waals surface area contributed by atoms with E-state index in [1.807, 2.05) is 13.0 Å². The predicted octanol–water partition coefficient (Wildman–Crippen LogP) is 3.20. The van der Waals surface area contributed by atoms with E-state index in [1.54, 1.807) is 0 Å². The number of benzene rings is 1. The zero-order chi connectivity index (χ0) is 9.52. The lowest BCUT2D eigenvalue weighted by Gasteiger charge is -2.13. The van der Waals surface area contributed by atoms with Gasteiger partial charge in [0.15, 0.2) is 0 Å². The van der Waals surface area contributed by atoms with E-state index < -0.39 is 0 Å². The first-order valence-corrected chi connectivity index (χ1v) is 5.69. The van der Waals surface area contributed by atoms with Crippen molar-refractivity contribution < 1.29 is 4.74 Å². The predicted molar refractivity (Wildman–Crippen MR) is 59.5 cm³/mol. The van der Waals surface area contributed by atoms with Gasteiger partial charge in [0.1, 0.15) is 0 Å². The fourth-order valence-electron chi connectivity index (χ4n) is 1.22. The quantitative estimate of drug-likeness (QED) is 0.721. The molecule has 1 nitrogen and oxygen atoms in total. The smallest absolute Gasteiger partial charge is 0.0542 e. The average molecular weight is 243 g/mol. The van der Waals surface area contributed by atoms with Crippen molar-refractivity contribution in [3.8, 4) is 0 Å². The van der Waals surface area contributed by atoms with Crippen molar-refractivity contribution in [3.63, 3.8) is 0 Å². The molecule has 0 aromatic heterocycles. The standard InChI is InChI=1S/C11H15BrO/c1-2-13-9-11(8-12)10-6-4-3-5-7-10/h3-7,11H,2,8-9H2,1H3. The minimum atomic E-state index is 0.473. The van der Waals surface area contributed by atoms with Crippen molar-refractivity contribution in [1.82, 2.24) is 0 Å². The molecule has 1 unspecified atom stereocenters. The van der Waals surface area contributed by atoms with Crippen LogP contribution >= 0.6 is 15.9 Å². The summed E-state index contributed by atoms with van der Waals surface area (Å²) in [5.41, 5.74) is 1.34. The van der Waals surface area contributed by atoms with E-state index in [9.17, 15) is 0 Å². The van der Waals surface area contributed by atoms with Gasteiger partial charge in [-0.2, -0.15) is 0 Å². The fourth-order valence-corrected chi connectivity index (χ4v) is 1.78. The van der Waals surface area contributed by atoms with Crippen LogP contribution in [0.4, 0.5) is 0 Å². The third kappa shape index (κ3) is 3.49. The lowest BCUT2D eigenvalue weighted by atomic mass is 10.0. The summed E-state index contributed by atoms with van der Waals surface area (Å²) in [7, 11) is 0. The van der Waals surface area contributed by atoms with Gasteiger partial charge in [0, 0.05) is 17.9 Å². The summed E-state index contributed by atoms with van der Waals surface area (Å²) in [6.45, 7) is 3.61. The molecule has 1 rings (SSSR count). The maximum atomic E-state index is 5.41. The lowest BCUT2D eigenvalue weighted by Crippen LogP contribution is -2.08. The summed E-state index contributed by atoms with van der Waals surface area (Å²) in [6, 6.07) is 10.5. The van der Waals surface area contributed by atoms with Crippen LogP contribution in [-0.2, 0) is 4.74 Å². The van der Waals surface area contributed by atoms with Crippen LogP contribution in [0.2, 0.25) is 0 Å². The molecule has 0 aliphatic heterocycles. The number of alkyl halides is 1. The molecule has 2 heteroatoms. The fraction of sp³-hybridized carbons (Fsp3) is 0.455. The zero-order valence-electron chi connectivity index (χ0n) is 7.87. The van der Waals surface area contributed by atoms with E-state index in [-0.39, 0.29) is 0 Å². The molecule has 13 heavy (non-hydrogen) atoms. The van der Waals surface area contributed by atoms with E-state index in [1.165, 1.54) is 5.56 Å². The van der Waals surface area contributed by atoms with Crippen molar-refractivity contribution in [3.05, 3.63) is 35.9 Å². The van der Waals surface area contributed by atoms with E-state index in [4.69, 9.17) is 4.74 Å². The van der Waals surface area contributed by atoms with Crippen molar-refractivity contribution in [2.24, 2.45) is 0 Å². The second-order valence-corrected chi connectivity index (χ2v) is 3.57. The summed E-state index contributed by atoms with van der Waals surface area (Å²) in [6.07, 6.45) is 0. The Morgan fingerprint density at radius 1 is 1.31 bits per heavy atom. The Morgan fingerprint density at radius 3 is 2.54 bits per heavy atom. The van der Waals surface area contributed by atoms with Gasteiger partial charge >= 0.3 is 0 Å². The largest absolute Gasteiger partial charge is 0.381 e. The van der Waals surface area contributed by atoms with E-state index in [0.29, 0.717) is 5.92 Å². The zero-order valence-corrected chi connectivity index (χ0v) is 9.46. The topological polar surface area (TPSA) is 9.23 Å². The van der Waals surface area contributed by atoms with Gasteiger partial charge in [-0.05, 0) is 12.5 Å². The maximum absolute atomic E-state index is 5.41. The summed E-state index contributed by atoms with van der Waals surface area (Å²) in [4.78, 5) is 0. The molecular weight excluding hydrogens is 228 g/mol. The first-order chi connectivity index (χ1) is 6.38. The van der Waals surface area contributed by atoms with Crippen molar-refractivity contribution in [1.29, 1.82) is 0 Å². The van der Waals surface area contributed by atoms with Crippen molar-refractivity contribution in [2.45, 2.75) is 12.8 Å². The van der Waals surface area contributed by atoms with E-state index in [2.05, 4.69) is 40.2 Å². The Morgan fingerprint density at radius 2 is 2.00 bits per heavy atom. The van der Waals surface area contributed by atoms with Crippen LogP contribution in [0, 0.1) is 0 Å². The highest BCUT2D eigenvalue weighted by molar-refractivity contribution is 9.09. The van der Waals surface area contributed by atoms with E-state index in [0.717, 1.165) is 18.5 Å². The summed E-state index contributed by atoms with van der Waals surface area (Å²) >= 11 is 3.50. The monoisotopic (exact) mass is 242 g/mol. The second kappa shape index (κ2) is 6.17. The summed E-state index contributed by atoms with van der Waals surface area (Å²) < 4.78 is 5.41. The molecule has 0 radical (unpaired) electrons.